The summed E-state index contributed by atoms with van der Waals surface area (Å²) in [4.78, 5) is 12.5. The van der Waals surface area contributed by atoms with Crippen molar-refractivity contribution in [2.24, 2.45) is 28.6 Å². The number of allylic oxidation sites excluding steroid dienone is 3. The molecular formula is C31H48O4. The minimum atomic E-state index is -0.648. The van der Waals surface area contributed by atoms with Crippen molar-refractivity contribution in [3.63, 3.8) is 0 Å². The number of hydrogen-bond donors (Lipinski definition) is 3. The average Bonchev–Trinajstić information content (AvgIpc) is 3.53. The van der Waals surface area contributed by atoms with Crippen molar-refractivity contribution < 1.29 is 20.1 Å². The van der Waals surface area contributed by atoms with Crippen LogP contribution in [0.15, 0.2) is 35.5 Å². The molecule has 4 aliphatic carbocycles. The molecule has 0 aromatic rings. The Kier molecular flexibility index (Phi) is 8.15. The second-order valence-electron chi connectivity index (χ2n) is 12.6. The van der Waals surface area contributed by atoms with E-state index in [4.69, 9.17) is 0 Å². The number of Topliss-reactive ketones (excluding diaryl/α,β-unsaturated/α-hetero) is 1. The summed E-state index contributed by atoms with van der Waals surface area (Å²) in [6, 6.07) is 0. The lowest BCUT2D eigenvalue weighted by Gasteiger charge is -2.45. The molecule has 0 spiro atoms. The van der Waals surface area contributed by atoms with E-state index in [1.54, 1.807) is 0 Å². The van der Waals surface area contributed by atoms with Crippen molar-refractivity contribution in [1.29, 1.82) is 0 Å². The molecule has 0 aliphatic heterocycles. The second-order valence-corrected chi connectivity index (χ2v) is 12.6. The van der Waals surface area contributed by atoms with Gasteiger partial charge in [0.1, 0.15) is 5.78 Å². The van der Waals surface area contributed by atoms with Crippen LogP contribution in [0.5, 0.6) is 0 Å². The van der Waals surface area contributed by atoms with Gasteiger partial charge in [-0.2, -0.15) is 0 Å². The molecule has 0 aromatic heterocycles. The van der Waals surface area contributed by atoms with E-state index in [1.807, 2.05) is 0 Å². The SMILES string of the molecule is C=C1C(=CC=C2CCC[C@]3(C)[C@@H]([C@H](C)[C@@H](O)CCC4(C(=O)CCC)CC4)CC[C@@H]23)C[C@@H](O)C[C@@H]1O. The van der Waals surface area contributed by atoms with Crippen LogP contribution in [0.2, 0.25) is 0 Å². The zero-order chi connectivity index (χ0) is 25.4. The summed E-state index contributed by atoms with van der Waals surface area (Å²) in [6.45, 7) is 10.8. The summed E-state index contributed by atoms with van der Waals surface area (Å²) < 4.78 is 0. The summed E-state index contributed by atoms with van der Waals surface area (Å²) in [5, 5.41) is 31.5. The maximum absolute atomic E-state index is 12.5. The average molecular weight is 485 g/mol. The number of aliphatic hydroxyl groups is 3. The van der Waals surface area contributed by atoms with Gasteiger partial charge in [0.25, 0.3) is 0 Å². The first-order valence-corrected chi connectivity index (χ1v) is 14.3. The Morgan fingerprint density at radius 1 is 1.20 bits per heavy atom. The number of fused-ring (bicyclic) bond motifs is 1. The van der Waals surface area contributed by atoms with Crippen molar-refractivity contribution in [3.8, 4) is 0 Å². The molecular weight excluding hydrogens is 436 g/mol. The minimum Gasteiger partial charge on any atom is -0.393 e. The van der Waals surface area contributed by atoms with Gasteiger partial charge in [0.05, 0.1) is 18.3 Å². The predicted molar refractivity (Wildman–Crippen MR) is 141 cm³/mol. The maximum atomic E-state index is 12.5. The van der Waals surface area contributed by atoms with Crippen molar-refractivity contribution >= 4 is 5.78 Å². The first-order valence-electron chi connectivity index (χ1n) is 14.3. The summed E-state index contributed by atoms with van der Waals surface area (Å²) >= 11 is 0. The summed E-state index contributed by atoms with van der Waals surface area (Å²) in [6.07, 6.45) is 14.8. The molecule has 196 valence electrons. The number of ketones is 1. The van der Waals surface area contributed by atoms with E-state index in [2.05, 4.69) is 39.5 Å². The maximum Gasteiger partial charge on any atom is 0.139 e. The van der Waals surface area contributed by atoms with Crippen LogP contribution in [0, 0.1) is 28.6 Å². The fourth-order valence-electron chi connectivity index (χ4n) is 7.87. The molecule has 4 fully saturated rings. The Balaban J connectivity index is 1.42. The molecule has 35 heavy (non-hydrogen) atoms. The van der Waals surface area contributed by atoms with E-state index < -0.39 is 12.2 Å². The van der Waals surface area contributed by atoms with Gasteiger partial charge >= 0.3 is 0 Å². The Bertz CT molecular complexity index is 865. The molecule has 0 aromatic carbocycles. The van der Waals surface area contributed by atoms with Crippen molar-refractivity contribution in [1.82, 2.24) is 0 Å². The number of carbonyl (C=O) groups is 1. The highest BCUT2D eigenvalue weighted by Crippen LogP contribution is 2.60. The highest BCUT2D eigenvalue weighted by Gasteiger charge is 2.52. The summed E-state index contributed by atoms with van der Waals surface area (Å²) in [7, 11) is 0. The monoisotopic (exact) mass is 484 g/mol. The number of hydrogen-bond acceptors (Lipinski definition) is 4. The van der Waals surface area contributed by atoms with E-state index in [9.17, 15) is 20.1 Å². The standard InChI is InChI=1S/C31H48O4/c1-5-7-29(35)31(16-17-31)15-13-27(33)21(3)25-11-12-26-22(8-6-14-30(25,26)4)9-10-23-18-24(32)19-28(34)20(23)2/h9-10,21,24-28,32-34H,2,5-8,11-19H2,1,3-4H3/t21-,24+,25+,26-,27-,28-,30+/m0/s1. The van der Waals surface area contributed by atoms with Gasteiger partial charge in [-0.3, -0.25) is 4.79 Å². The smallest absolute Gasteiger partial charge is 0.139 e. The molecule has 4 nitrogen and oxygen atoms in total. The number of rotatable bonds is 9. The van der Waals surface area contributed by atoms with Gasteiger partial charge in [0, 0.05) is 18.3 Å². The molecule has 0 radical (unpaired) electrons. The minimum absolute atomic E-state index is 0.114. The Morgan fingerprint density at radius 2 is 1.94 bits per heavy atom. The first-order chi connectivity index (χ1) is 16.6. The van der Waals surface area contributed by atoms with Crippen LogP contribution >= 0.6 is 0 Å². The lowest BCUT2D eigenvalue weighted by Crippen LogP contribution is -2.39. The Morgan fingerprint density at radius 3 is 2.63 bits per heavy atom. The third-order valence-electron chi connectivity index (χ3n) is 10.4. The summed E-state index contributed by atoms with van der Waals surface area (Å²) in [5.74, 6) is 1.68. The molecule has 0 bridgehead atoms. The quantitative estimate of drug-likeness (QED) is 0.372. The molecule has 3 N–H and O–H groups in total. The second kappa shape index (κ2) is 10.6. The lowest BCUT2D eigenvalue weighted by molar-refractivity contribution is -0.124. The topological polar surface area (TPSA) is 77.8 Å². The molecule has 7 atom stereocenters. The van der Waals surface area contributed by atoms with Gasteiger partial charge in [0.15, 0.2) is 0 Å². The van der Waals surface area contributed by atoms with Crippen molar-refractivity contribution in [3.05, 3.63) is 35.5 Å². The molecule has 0 saturated heterocycles. The molecule has 4 rings (SSSR count). The third-order valence-corrected chi connectivity index (χ3v) is 10.4. The van der Waals surface area contributed by atoms with Crippen LogP contribution in [0.3, 0.4) is 0 Å². The van der Waals surface area contributed by atoms with Crippen molar-refractivity contribution in [2.75, 3.05) is 0 Å². The third kappa shape index (κ3) is 5.40. The zero-order valence-electron chi connectivity index (χ0n) is 22.3. The van der Waals surface area contributed by atoms with E-state index in [1.165, 1.54) is 24.8 Å². The molecule has 4 saturated carbocycles. The predicted octanol–water partition coefficient (Wildman–Crippen LogP) is 6.05. The highest BCUT2D eigenvalue weighted by atomic mass is 16.3. The van der Waals surface area contributed by atoms with Crippen LogP contribution in [-0.2, 0) is 4.79 Å². The van der Waals surface area contributed by atoms with Gasteiger partial charge in [0.2, 0.25) is 0 Å². The van der Waals surface area contributed by atoms with Gasteiger partial charge < -0.3 is 15.3 Å². The number of aliphatic hydroxyl groups excluding tert-OH is 3. The van der Waals surface area contributed by atoms with Crippen LogP contribution in [0.1, 0.15) is 104 Å². The van der Waals surface area contributed by atoms with Crippen LogP contribution in [0.25, 0.3) is 0 Å². The largest absolute Gasteiger partial charge is 0.393 e. The molecule has 0 unspecified atom stereocenters. The van der Waals surface area contributed by atoms with Gasteiger partial charge in [-0.1, -0.05) is 45.1 Å². The Labute approximate surface area is 212 Å². The lowest BCUT2D eigenvalue weighted by atomic mass is 9.60. The fourth-order valence-corrected chi connectivity index (χ4v) is 7.87. The van der Waals surface area contributed by atoms with Crippen LogP contribution in [-0.4, -0.2) is 39.4 Å². The molecule has 4 aliphatic rings. The van der Waals surface area contributed by atoms with Gasteiger partial charge in [-0.15, -0.1) is 0 Å². The van der Waals surface area contributed by atoms with Crippen molar-refractivity contribution in [2.45, 2.75) is 123 Å². The normalized spacial score (nSPS) is 38.4. The van der Waals surface area contributed by atoms with Crippen LogP contribution in [0.4, 0.5) is 0 Å². The first kappa shape index (κ1) is 26.8. The molecule has 0 heterocycles. The summed E-state index contributed by atoms with van der Waals surface area (Å²) in [5.41, 5.74) is 3.29. The van der Waals surface area contributed by atoms with Gasteiger partial charge in [-0.25, -0.2) is 0 Å². The van der Waals surface area contributed by atoms with E-state index in [-0.39, 0.29) is 22.9 Å². The molecule has 4 heteroatoms. The number of carbonyl (C=O) groups excluding carboxylic acids is 1. The van der Waals surface area contributed by atoms with E-state index in [0.717, 1.165) is 56.1 Å². The van der Waals surface area contributed by atoms with E-state index in [0.29, 0.717) is 36.9 Å². The van der Waals surface area contributed by atoms with E-state index >= 15 is 0 Å². The van der Waals surface area contributed by atoms with Gasteiger partial charge in [-0.05, 0) is 105 Å². The highest BCUT2D eigenvalue weighted by molar-refractivity contribution is 5.87. The van der Waals surface area contributed by atoms with Crippen LogP contribution < -0.4 is 0 Å². The Hall–Kier alpha value is -1.23. The zero-order valence-corrected chi connectivity index (χ0v) is 22.3. The fraction of sp³-hybridized carbons (Fsp3) is 0.774. The molecule has 0 amide bonds.